The van der Waals surface area contributed by atoms with Crippen molar-refractivity contribution in [2.24, 2.45) is 0 Å². The molecule has 0 aliphatic rings. The fraction of sp³-hybridized carbons (Fsp3) is 0.294. The molecule has 2 aromatic carbocycles. The number of nitrogens with one attached hydrogen (secondary N) is 1. The van der Waals surface area contributed by atoms with Gasteiger partial charge in [0.25, 0.3) is 0 Å². The van der Waals surface area contributed by atoms with Gasteiger partial charge in [0.1, 0.15) is 0 Å². The molecule has 0 aromatic heterocycles. The Morgan fingerprint density at radius 1 is 1.19 bits per heavy atom. The van der Waals surface area contributed by atoms with E-state index >= 15 is 0 Å². The van der Waals surface area contributed by atoms with E-state index < -0.39 is 11.6 Å². The van der Waals surface area contributed by atoms with Crippen molar-refractivity contribution in [2.75, 3.05) is 6.54 Å². The van der Waals surface area contributed by atoms with E-state index in [4.69, 9.17) is 0 Å². The van der Waals surface area contributed by atoms with Crippen molar-refractivity contribution >= 4 is 15.9 Å². The van der Waals surface area contributed by atoms with Crippen molar-refractivity contribution in [2.45, 2.75) is 26.3 Å². The first-order valence-corrected chi connectivity index (χ1v) is 7.74. The molecule has 2 rings (SSSR count). The third kappa shape index (κ3) is 3.89. The summed E-state index contributed by atoms with van der Waals surface area (Å²) >= 11 is 3.52. The molecule has 21 heavy (non-hydrogen) atoms. The van der Waals surface area contributed by atoms with Crippen molar-refractivity contribution in [1.29, 1.82) is 0 Å². The van der Waals surface area contributed by atoms with Crippen LogP contribution in [0.25, 0.3) is 0 Å². The Hall–Kier alpha value is -1.26. The summed E-state index contributed by atoms with van der Waals surface area (Å²) in [5, 5.41) is 3.33. The summed E-state index contributed by atoms with van der Waals surface area (Å²) in [4.78, 5) is 0. The van der Waals surface area contributed by atoms with Crippen LogP contribution in [0, 0.1) is 18.6 Å². The minimum atomic E-state index is -0.798. The maximum absolute atomic E-state index is 13.8. The molecule has 0 spiro atoms. The first-order valence-electron chi connectivity index (χ1n) is 6.95. The van der Waals surface area contributed by atoms with Crippen LogP contribution in [-0.4, -0.2) is 6.54 Å². The molecule has 1 unspecified atom stereocenters. The van der Waals surface area contributed by atoms with Crippen molar-refractivity contribution in [3.8, 4) is 0 Å². The van der Waals surface area contributed by atoms with Crippen LogP contribution < -0.4 is 5.32 Å². The van der Waals surface area contributed by atoms with Gasteiger partial charge in [-0.05, 0) is 48.7 Å². The Balaban J connectivity index is 2.30. The Morgan fingerprint density at radius 2 is 1.95 bits per heavy atom. The highest BCUT2D eigenvalue weighted by molar-refractivity contribution is 9.10. The summed E-state index contributed by atoms with van der Waals surface area (Å²) < 4.78 is 28.2. The SMILES string of the molecule is CCNC(Cc1cccc(F)c1F)c1ccc(C)c(Br)c1. The molecule has 0 amide bonds. The molecule has 2 aromatic rings. The van der Waals surface area contributed by atoms with Crippen LogP contribution in [0.2, 0.25) is 0 Å². The molecule has 0 radical (unpaired) electrons. The molecule has 0 bridgehead atoms. The van der Waals surface area contributed by atoms with Gasteiger partial charge < -0.3 is 5.32 Å². The Labute approximate surface area is 132 Å². The number of hydrogen-bond acceptors (Lipinski definition) is 1. The summed E-state index contributed by atoms with van der Waals surface area (Å²) in [6, 6.07) is 10.3. The van der Waals surface area contributed by atoms with Crippen molar-refractivity contribution in [3.05, 3.63) is 69.2 Å². The van der Waals surface area contributed by atoms with Gasteiger partial charge in [-0.15, -0.1) is 0 Å². The minimum absolute atomic E-state index is 0.0526. The van der Waals surface area contributed by atoms with Gasteiger partial charge in [0.2, 0.25) is 0 Å². The standard InChI is InChI=1S/C17H18BrF2N/c1-3-21-16(12-8-7-11(2)14(18)9-12)10-13-5-4-6-15(19)17(13)20/h4-9,16,21H,3,10H2,1-2H3. The highest BCUT2D eigenvalue weighted by Crippen LogP contribution is 2.25. The van der Waals surface area contributed by atoms with Crippen LogP contribution in [0.15, 0.2) is 40.9 Å². The van der Waals surface area contributed by atoms with E-state index in [1.165, 1.54) is 0 Å². The lowest BCUT2D eigenvalue weighted by molar-refractivity contribution is 0.481. The lowest BCUT2D eigenvalue weighted by atomic mass is 9.97. The number of halogens is 3. The van der Waals surface area contributed by atoms with Gasteiger partial charge in [0.15, 0.2) is 11.6 Å². The van der Waals surface area contributed by atoms with E-state index in [9.17, 15) is 8.78 Å². The molecular weight excluding hydrogens is 336 g/mol. The van der Waals surface area contributed by atoms with Gasteiger partial charge in [0.05, 0.1) is 0 Å². The molecule has 1 nitrogen and oxygen atoms in total. The molecule has 1 atom stereocenters. The van der Waals surface area contributed by atoms with E-state index in [1.807, 2.05) is 32.0 Å². The molecule has 0 fully saturated rings. The van der Waals surface area contributed by atoms with Crippen molar-refractivity contribution < 1.29 is 8.78 Å². The molecule has 0 heterocycles. The third-order valence-corrected chi connectivity index (χ3v) is 4.36. The van der Waals surface area contributed by atoms with Gasteiger partial charge in [-0.3, -0.25) is 0 Å². The zero-order chi connectivity index (χ0) is 15.4. The minimum Gasteiger partial charge on any atom is -0.310 e. The Kier molecular flexibility index (Phi) is 5.48. The van der Waals surface area contributed by atoms with Gasteiger partial charge in [-0.25, -0.2) is 8.78 Å². The fourth-order valence-electron chi connectivity index (χ4n) is 2.31. The highest BCUT2D eigenvalue weighted by atomic mass is 79.9. The Morgan fingerprint density at radius 3 is 2.62 bits per heavy atom. The molecule has 0 aliphatic heterocycles. The lowest BCUT2D eigenvalue weighted by Gasteiger charge is -2.19. The second kappa shape index (κ2) is 7.14. The maximum Gasteiger partial charge on any atom is 0.162 e. The fourth-order valence-corrected chi connectivity index (χ4v) is 2.70. The van der Waals surface area contributed by atoms with Gasteiger partial charge in [0, 0.05) is 10.5 Å². The Bertz CT molecular complexity index is 628. The van der Waals surface area contributed by atoms with Gasteiger partial charge in [-0.1, -0.05) is 47.1 Å². The quantitative estimate of drug-likeness (QED) is 0.803. The van der Waals surface area contributed by atoms with Crippen LogP contribution in [0.4, 0.5) is 8.78 Å². The summed E-state index contributed by atoms with van der Waals surface area (Å²) in [6.45, 7) is 4.77. The van der Waals surface area contributed by atoms with Gasteiger partial charge in [-0.2, -0.15) is 0 Å². The maximum atomic E-state index is 13.8. The van der Waals surface area contributed by atoms with E-state index in [2.05, 4.69) is 21.2 Å². The van der Waals surface area contributed by atoms with E-state index in [-0.39, 0.29) is 6.04 Å². The molecule has 4 heteroatoms. The molecule has 1 N–H and O–H groups in total. The smallest absolute Gasteiger partial charge is 0.162 e. The van der Waals surface area contributed by atoms with E-state index in [0.29, 0.717) is 12.0 Å². The molecule has 0 saturated heterocycles. The summed E-state index contributed by atoms with van der Waals surface area (Å²) in [5.74, 6) is -1.56. The zero-order valence-corrected chi connectivity index (χ0v) is 13.7. The number of benzene rings is 2. The molecule has 0 saturated carbocycles. The van der Waals surface area contributed by atoms with E-state index in [0.717, 1.165) is 28.2 Å². The lowest BCUT2D eigenvalue weighted by Crippen LogP contribution is -2.23. The van der Waals surface area contributed by atoms with Crippen LogP contribution >= 0.6 is 15.9 Å². The van der Waals surface area contributed by atoms with Crippen molar-refractivity contribution in [1.82, 2.24) is 5.32 Å². The first-order chi connectivity index (χ1) is 10.0. The average molecular weight is 354 g/mol. The van der Waals surface area contributed by atoms with E-state index in [1.54, 1.807) is 12.1 Å². The predicted octanol–water partition coefficient (Wildman–Crippen LogP) is 4.93. The molecular formula is C17H18BrF2N. The number of aryl methyl sites for hydroxylation is 1. The van der Waals surface area contributed by atoms with Crippen LogP contribution in [0.5, 0.6) is 0 Å². The third-order valence-electron chi connectivity index (χ3n) is 3.50. The highest BCUT2D eigenvalue weighted by Gasteiger charge is 2.16. The topological polar surface area (TPSA) is 12.0 Å². The number of hydrogen-bond donors (Lipinski definition) is 1. The van der Waals surface area contributed by atoms with Crippen LogP contribution in [-0.2, 0) is 6.42 Å². The van der Waals surface area contributed by atoms with Gasteiger partial charge >= 0.3 is 0 Å². The molecule has 0 aliphatic carbocycles. The van der Waals surface area contributed by atoms with Crippen molar-refractivity contribution in [3.63, 3.8) is 0 Å². The normalized spacial score (nSPS) is 12.4. The number of rotatable bonds is 5. The average Bonchev–Trinajstić information content (AvgIpc) is 2.46. The summed E-state index contributed by atoms with van der Waals surface area (Å²) in [6.07, 6.45) is 0.410. The second-order valence-electron chi connectivity index (χ2n) is 5.04. The zero-order valence-electron chi connectivity index (χ0n) is 12.1. The second-order valence-corrected chi connectivity index (χ2v) is 5.89. The van der Waals surface area contributed by atoms with Crippen LogP contribution in [0.3, 0.4) is 0 Å². The number of likely N-dealkylation sites (N-methyl/N-ethyl adjacent to an activating group) is 1. The summed E-state index contributed by atoms with van der Waals surface area (Å²) in [7, 11) is 0. The first kappa shape index (κ1) is 16.1. The predicted molar refractivity (Wildman–Crippen MR) is 85.4 cm³/mol. The van der Waals surface area contributed by atoms with Crippen LogP contribution in [0.1, 0.15) is 29.7 Å². The summed E-state index contributed by atoms with van der Waals surface area (Å²) in [5.41, 5.74) is 2.58. The molecule has 112 valence electrons. The largest absolute Gasteiger partial charge is 0.310 e. The monoisotopic (exact) mass is 353 g/mol.